The van der Waals surface area contributed by atoms with E-state index in [9.17, 15) is 22.8 Å². The van der Waals surface area contributed by atoms with E-state index in [2.05, 4.69) is 20.0 Å². The predicted molar refractivity (Wildman–Crippen MR) is 66.5 cm³/mol. The van der Waals surface area contributed by atoms with Crippen LogP contribution in [-0.2, 0) is 15.1 Å². The third kappa shape index (κ3) is 3.32. The third-order valence-corrected chi connectivity index (χ3v) is 3.08. The maximum Gasteiger partial charge on any atom is 0.411 e. The molecule has 1 aromatic rings. The second-order valence-corrected chi connectivity index (χ2v) is 4.77. The van der Waals surface area contributed by atoms with E-state index in [1.807, 2.05) is 0 Å². The topological polar surface area (TPSA) is 84.4 Å². The highest BCUT2D eigenvalue weighted by Gasteiger charge is 2.50. The Bertz CT molecular complexity index is 566. The van der Waals surface area contributed by atoms with Crippen molar-refractivity contribution in [2.45, 2.75) is 18.6 Å². The first-order chi connectivity index (χ1) is 10.2. The van der Waals surface area contributed by atoms with Gasteiger partial charge in [0.2, 0.25) is 0 Å². The van der Waals surface area contributed by atoms with E-state index in [0.717, 1.165) is 4.90 Å². The van der Waals surface area contributed by atoms with E-state index in [-0.39, 0.29) is 12.2 Å². The van der Waals surface area contributed by atoms with Gasteiger partial charge in [0.15, 0.2) is 5.54 Å². The predicted octanol–water partition coefficient (Wildman–Crippen LogP) is 0.822. The Morgan fingerprint density at radius 2 is 2.09 bits per heavy atom. The zero-order valence-corrected chi connectivity index (χ0v) is 11.6. The van der Waals surface area contributed by atoms with Crippen LogP contribution in [0.2, 0.25) is 0 Å². The van der Waals surface area contributed by atoms with Gasteiger partial charge in [-0.15, -0.1) is 0 Å². The monoisotopic (exact) mass is 318 g/mol. The molecule has 1 aliphatic rings. The molecule has 0 aliphatic carbocycles. The molecule has 0 spiro atoms. The van der Waals surface area contributed by atoms with E-state index in [0.29, 0.717) is 0 Å². The van der Waals surface area contributed by atoms with Crippen molar-refractivity contribution in [2.24, 2.45) is 0 Å². The van der Waals surface area contributed by atoms with Crippen LogP contribution < -0.4 is 5.32 Å². The Kier molecular flexibility index (Phi) is 4.31. The van der Waals surface area contributed by atoms with Gasteiger partial charge in [-0.3, -0.25) is 19.7 Å². The lowest BCUT2D eigenvalue weighted by Gasteiger charge is -2.20. The molecule has 0 bridgehead atoms. The summed E-state index contributed by atoms with van der Waals surface area (Å²) in [5.74, 6) is -0.617. The smallest absolute Gasteiger partial charge is 0.370 e. The third-order valence-electron chi connectivity index (χ3n) is 3.08. The van der Waals surface area contributed by atoms with Gasteiger partial charge < -0.3 is 10.1 Å². The highest BCUT2D eigenvalue weighted by molar-refractivity contribution is 6.06. The molecule has 1 unspecified atom stereocenters. The fourth-order valence-electron chi connectivity index (χ4n) is 1.97. The molecule has 1 atom stereocenters. The second-order valence-electron chi connectivity index (χ2n) is 4.77. The number of halogens is 3. The number of nitrogens with one attached hydrogen (secondary N) is 1. The van der Waals surface area contributed by atoms with Gasteiger partial charge in [0.1, 0.15) is 6.61 Å². The van der Waals surface area contributed by atoms with Crippen LogP contribution in [0.3, 0.4) is 0 Å². The molecule has 1 N–H and O–H groups in total. The summed E-state index contributed by atoms with van der Waals surface area (Å²) in [4.78, 5) is 32.8. The van der Waals surface area contributed by atoms with Crippen LogP contribution in [0.25, 0.3) is 0 Å². The minimum atomic E-state index is -4.45. The van der Waals surface area contributed by atoms with Crippen molar-refractivity contribution in [3.8, 4) is 0 Å². The summed E-state index contributed by atoms with van der Waals surface area (Å²) in [5.41, 5.74) is -1.15. The van der Waals surface area contributed by atoms with Gasteiger partial charge in [-0.2, -0.15) is 13.2 Å². The molecule has 7 nitrogen and oxygen atoms in total. The summed E-state index contributed by atoms with van der Waals surface area (Å²) in [6.07, 6.45) is -0.334. The number of aromatic nitrogens is 2. The summed E-state index contributed by atoms with van der Waals surface area (Å²) in [6.45, 7) is -0.669. The summed E-state index contributed by atoms with van der Waals surface area (Å²) in [7, 11) is 0. The molecule has 1 fully saturated rings. The molecule has 0 radical (unpaired) electrons. The molecule has 2 rings (SSSR count). The molecule has 0 saturated carbocycles. The first-order valence-corrected chi connectivity index (χ1v) is 6.29. The molecule has 1 aromatic heterocycles. The maximum absolute atomic E-state index is 12.3. The van der Waals surface area contributed by atoms with Crippen molar-refractivity contribution < 1.29 is 27.5 Å². The van der Waals surface area contributed by atoms with Crippen LogP contribution in [0.4, 0.5) is 18.0 Å². The standard InChI is InChI=1S/C12H13F3N4O3/c1-11(8-6-16-2-3-17-8)9(20)19(10(21)18-11)4-5-22-7-12(13,14)15/h2-3,6H,4-5,7H2,1H3,(H,18,21). The molecule has 0 aromatic carbocycles. The van der Waals surface area contributed by atoms with Crippen LogP contribution in [0.15, 0.2) is 18.6 Å². The van der Waals surface area contributed by atoms with E-state index < -0.39 is 36.9 Å². The van der Waals surface area contributed by atoms with Gasteiger partial charge in [-0.25, -0.2) is 4.79 Å². The fraction of sp³-hybridized carbons (Fsp3) is 0.500. The first-order valence-electron chi connectivity index (χ1n) is 6.29. The van der Waals surface area contributed by atoms with Crippen molar-refractivity contribution in [1.29, 1.82) is 0 Å². The highest BCUT2D eigenvalue weighted by atomic mass is 19.4. The number of urea groups is 1. The molecular weight excluding hydrogens is 305 g/mol. The minimum absolute atomic E-state index is 0.243. The summed E-state index contributed by atoms with van der Waals surface area (Å²) < 4.78 is 40.3. The van der Waals surface area contributed by atoms with Crippen LogP contribution in [0.1, 0.15) is 12.6 Å². The average Bonchev–Trinajstić information content (AvgIpc) is 2.67. The van der Waals surface area contributed by atoms with Gasteiger partial charge in [-0.05, 0) is 6.92 Å². The highest BCUT2D eigenvalue weighted by Crippen LogP contribution is 2.26. The molecule has 1 saturated heterocycles. The van der Waals surface area contributed by atoms with E-state index >= 15 is 0 Å². The number of nitrogens with zero attached hydrogens (tertiary/aromatic N) is 3. The van der Waals surface area contributed by atoms with Crippen molar-refractivity contribution in [3.63, 3.8) is 0 Å². The molecule has 2 heterocycles. The Morgan fingerprint density at radius 1 is 1.36 bits per heavy atom. The van der Waals surface area contributed by atoms with Crippen molar-refractivity contribution >= 4 is 11.9 Å². The molecule has 3 amide bonds. The summed E-state index contributed by atoms with van der Waals surface area (Å²) in [5, 5.41) is 2.46. The normalized spacial score (nSPS) is 22.1. The first kappa shape index (κ1) is 16.1. The van der Waals surface area contributed by atoms with Gasteiger partial charge in [-0.1, -0.05) is 0 Å². The number of carbonyl (C=O) groups excluding carboxylic acids is 2. The molecule has 120 valence electrons. The van der Waals surface area contributed by atoms with E-state index in [4.69, 9.17) is 0 Å². The van der Waals surface area contributed by atoms with Crippen LogP contribution in [0, 0.1) is 0 Å². The van der Waals surface area contributed by atoms with Crippen molar-refractivity contribution in [1.82, 2.24) is 20.2 Å². The number of rotatable bonds is 5. The number of amides is 3. The Balaban J connectivity index is 2.00. The summed E-state index contributed by atoms with van der Waals surface area (Å²) >= 11 is 0. The number of ether oxygens (including phenoxy) is 1. The Labute approximate surface area is 123 Å². The minimum Gasteiger partial charge on any atom is -0.370 e. The Morgan fingerprint density at radius 3 is 2.68 bits per heavy atom. The van der Waals surface area contributed by atoms with Crippen LogP contribution in [0.5, 0.6) is 0 Å². The number of hydrogen-bond donors (Lipinski definition) is 1. The lowest BCUT2D eigenvalue weighted by atomic mass is 9.98. The number of imide groups is 1. The number of carbonyl (C=O) groups is 2. The van der Waals surface area contributed by atoms with E-state index in [1.54, 1.807) is 0 Å². The average molecular weight is 318 g/mol. The number of alkyl halides is 3. The largest absolute Gasteiger partial charge is 0.411 e. The second kappa shape index (κ2) is 5.87. The summed E-state index contributed by atoms with van der Waals surface area (Å²) in [6, 6.07) is -0.714. The zero-order valence-electron chi connectivity index (χ0n) is 11.6. The molecular formula is C12H13F3N4O3. The Hall–Kier alpha value is -2.23. The van der Waals surface area contributed by atoms with E-state index in [1.165, 1.54) is 25.5 Å². The maximum atomic E-state index is 12.3. The van der Waals surface area contributed by atoms with Gasteiger partial charge >= 0.3 is 12.2 Å². The van der Waals surface area contributed by atoms with Crippen LogP contribution >= 0.6 is 0 Å². The number of hydrogen-bond acceptors (Lipinski definition) is 5. The van der Waals surface area contributed by atoms with Gasteiger partial charge in [0.05, 0.1) is 25.0 Å². The fourth-order valence-corrected chi connectivity index (χ4v) is 1.97. The SMILES string of the molecule is CC1(c2cnccn2)NC(=O)N(CCOCC(F)(F)F)C1=O. The zero-order chi connectivity index (χ0) is 16.4. The van der Waals surface area contributed by atoms with Gasteiger partial charge in [0, 0.05) is 12.4 Å². The lowest BCUT2D eigenvalue weighted by molar-refractivity contribution is -0.174. The van der Waals surface area contributed by atoms with Crippen molar-refractivity contribution in [2.75, 3.05) is 19.8 Å². The molecule has 10 heteroatoms. The van der Waals surface area contributed by atoms with Crippen LogP contribution in [-0.4, -0.2) is 52.7 Å². The molecule has 1 aliphatic heterocycles. The molecule has 22 heavy (non-hydrogen) atoms. The quantitative estimate of drug-likeness (QED) is 0.642. The van der Waals surface area contributed by atoms with Crippen molar-refractivity contribution in [3.05, 3.63) is 24.3 Å². The van der Waals surface area contributed by atoms with Gasteiger partial charge in [0.25, 0.3) is 5.91 Å². The lowest BCUT2D eigenvalue weighted by Crippen LogP contribution is -2.42.